The molecule has 0 bridgehead atoms. The highest BCUT2D eigenvalue weighted by atomic mass is 32.2. The van der Waals surface area contributed by atoms with E-state index in [1.165, 1.54) is 29.1 Å². The van der Waals surface area contributed by atoms with Crippen LogP contribution in [0.15, 0.2) is 48.5 Å². The molecule has 1 fully saturated rings. The molecule has 0 aromatic heterocycles. The fourth-order valence-electron chi connectivity index (χ4n) is 4.30. The molecule has 1 saturated heterocycles. The molecule has 0 spiro atoms. The van der Waals surface area contributed by atoms with Crippen LogP contribution in [-0.4, -0.2) is 50.7 Å². The van der Waals surface area contributed by atoms with Gasteiger partial charge in [-0.05, 0) is 56.1 Å². The molecule has 2 aliphatic heterocycles. The van der Waals surface area contributed by atoms with Crippen LogP contribution in [0.25, 0.3) is 0 Å². The number of rotatable bonds is 7. The highest BCUT2D eigenvalue weighted by molar-refractivity contribution is 7.92. The number of nitrogens with one attached hydrogen (secondary N) is 1. The normalized spacial score (nSPS) is 19.2. The molecule has 7 nitrogen and oxygen atoms in total. The van der Waals surface area contributed by atoms with E-state index in [9.17, 15) is 13.2 Å². The van der Waals surface area contributed by atoms with Crippen LogP contribution >= 0.6 is 0 Å². The van der Waals surface area contributed by atoms with E-state index in [2.05, 4.69) is 16.3 Å². The molecular formula is C24H31N3O4S. The predicted molar refractivity (Wildman–Crippen MR) is 125 cm³/mol. The Morgan fingerprint density at radius 2 is 1.72 bits per heavy atom. The summed E-state index contributed by atoms with van der Waals surface area (Å²) in [7, 11) is -3.52. The van der Waals surface area contributed by atoms with Gasteiger partial charge in [-0.25, -0.2) is 8.42 Å². The van der Waals surface area contributed by atoms with Crippen molar-refractivity contribution in [3.63, 3.8) is 0 Å². The number of ether oxygens (including phenoxy) is 1. The van der Waals surface area contributed by atoms with Crippen LogP contribution in [0.3, 0.4) is 0 Å². The Morgan fingerprint density at radius 3 is 2.47 bits per heavy atom. The van der Waals surface area contributed by atoms with E-state index in [0.29, 0.717) is 18.0 Å². The minimum Gasteiger partial charge on any atom is -0.476 e. The number of likely N-dealkylation sites (tertiary alicyclic amines) is 1. The average Bonchev–Trinajstić information content (AvgIpc) is 2.83. The van der Waals surface area contributed by atoms with E-state index in [-0.39, 0.29) is 18.2 Å². The van der Waals surface area contributed by atoms with Crippen LogP contribution in [0.1, 0.15) is 37.3 Å². The average molecular weight is 458 g/mol. The third-order valence-corrected chi connectivity index (χ3v) is 7.89. The van der Waals surface area contributed by atoms with E-state index < -0.39 is 16.1 Å². The van der Waals surface area contributed by atoms with E-state index in [4.69, 9.17) is 4.74 Å². The SMILES string of the molecule is CCS(=O)(=O)N1CC(C(=O)NCc2ccccc2CN2CCCCC2)Oc2ccccc21. The molecule has 2 aromatic carbocycles. The number of amides is 1. The molecule has 1 N–H and O–H groups in total. The lowest BCUT2D eigenvalue weighted by Crippen LogP contribution is -2.50. The van der Waals surface area contributed by atoms with Crippen molar-refractivity contribution in [1.82, 2.24) is 10.2 Å². The smallest absolute Gasteiger partial charge is 0.263 e. The van der Waals surface area contributed by atoms with Gasteiger partial charge in [0.15, 0.2) is 6.10 Å². The first kappa shape index (κ1) is 22.6. The first-order valence-electron chi connectivity index (χ1n) is 11.3. The number of para-hydroxylation sites is 2. The maximum atomic E-state index is 13.0. The number of benzene rings is 2. The van der Waals surface area contributed by atoms with Gasteiger partial charge in [-0.15, -0.1) is 0 Å². The number of nitrogens with zero attached hydrogens (tertiary/aromatic N) is 2. The summed E-state index contributed by atoms with van der Waals surface area (Å²) in [5, 5.41) is 2.96. The second-order valence-electron chi connectivity index (χ2n) is 8.33. The molecule has 2 aromatic rings. The lowest BCUT2D eigenvalue weighted by molar-refractivity contribution is -0.127. The van der Waals surface area contributed by atoms with Crippen LogP contribution in [0.4, 0.5) is 5.69 Å². The summed E-state index contributed by atoms with van der Waals surface area (Å²) in [6, 6.07) is 15.1. The maximum Gasteiger partial charge on any atom is 0.263 e. The highest BCUT2D eigenvalue weighted by Gasteiger charge is 2.35. The van der Waals surface area contributed by atoms with Gasteiger partial charge in [-0.1, -0.05) is 42.8 Å². The van der Waals surface area contributed by atoms with Gasteiger partial charge in [-0.3, -0.25) is 14.0 Å². The Kier molecular flexibility index (Phi) is 7.01. The van der Waals surface area contributed by atoms with Gasteiger partial charge in [0.25, 0.3) is 5.91 Å². The predicted octanol–water partition coefficient (Wildman–Crippen LogP) is 2.91. The zero-order valence-corrected chi connectivity index (χ0v) is 19.3. The third-order valence-electron chi connectivity index (χ3n) is 6.14. The van der Waals surface area contributed by atoms with Gasteiger partial charge in [0.1, 0.15) is 5.75 Å². The zero-order valence-electron chi connectivity index (χ0n) is 18.5. The lowest BCUT2D eigenvalue weighted by Gasteiger charge is -2.34. The van der Waals surface area contributed by atoms with Crippen LogP contribution in [0.5, 0.6) is 5.75 Å². The Hall–Kier alpha value is -2.58. The molecule has 2 heterocycles. The number of sulfonamides is 1. The molecule has 0 aliphatic carbocycles. The minimum atomic E-state index is -3.52. The largest absolute Gasteiger partial charge is 0.476 e. The molecule has 4 rings (SSSR count). The number of hydrogen-bond acceptors (Lipinski definition) is 5. The first-order valence-corrected chi connectivity index (χ1v) is 12.9. The van der Waals surface area contributed by atoms with Crippen molar-refractivity contribution in [3.05, 3.63) is 59.7 Å². The van der Waals surface area contributed by atoms with Crippen LogP contribution in [-0.2, 0) is 27.9 Å². The molecule has 1 unspecified atom stereocenters. The molecule has 8 heteroatoms. The van der Waals surface area contributed by atoms with Gasteiger partial charge in [-0.2, -0.15) is 0 Å². The fourth-order valence-corrected chi connectivity index (χ4v) is 5.42. The molecule has 1 atom stereocenters. The highest BCUT2D eigenvalue weighted by Crippen LogP contribution is 2.35. The van der Waals surface area contributed by atoms with Crippen molar-refractivity contribution in [2.75, 3.05) is 29.7 Å². The summed E-state index contributed by atoms with van der Waals surface area (Å²) in [5.74, 6) is 0.0459. The number of hydrogen-bond donors (Lipinski definition) is 1. The van der Waals surface area contributed by atoms with Gasteiger partial charge in [0.2, 0.25) is 10.0 Å². The standard InChI is InChI=1S/C24H31N3O4S/c1-2-32(29,30)27-18-23(31-22-13-7-6-12-21(22)27)24(28)25-16-19-10-4-5-11-20(19)17-26-14-8-3-9-15-26/h4-7,10-13,23H,2-3,8-9,14-18H2,1H3,(H,25,28). The van der Waals surface area contributed by atoms with Crippen LogP contribution < -0.4 is 14.4 Å². The van der Waals surface area contributed by atoms with Crippen LogP contribution in [0, 0.1) is 0 Å². The van der Waals surface area contributed by atoms with Gasteiger partial charge >= 0.3 is 0 Å². The van der Waals surface area contributed by atoms with E-state index in [0.717, 1.165) is 25.2 Å². The Balaban J connectivity index is 1.45. The van der Waals surface area contributed by atoms with Crippen molar-refractivity contribution in [2.45, 2.75) is 45.4 Å². The summed E-state index contributed by atoms with van der Waals surface area (Å²) in [6.07, 6.45) is 2.86. The lowest BCUT2D eigenvalue weighted by atomic mass is 10.0. The second-order valence-corrected chi connectivity index (χ2v) is 10.5. The number of piperidine rings is 1. The van der Waals surface area contributed by atoms with Gasteiger partial charge in [0, 0.05) is 13.1 Å². The second kappa shape index (κ2) is 9.92. The monoisotopic (exact) mass is 457 g/mol. The zero-order chi connectivity index (χ0) is 22.6. The quantitative estimate of drug-likeness (QED) is 0.692. The Morgan fingerprint density at radius 1 is 1.03 bits per heavy atom. The molecular weight excluding hydrogens is 426 g/mol. The molecule has 1 amide bonds. The topological polar surface area (TPSA) is 79.0 Å². The van der Waals surface area contributed by atoms with Crippen molar-refractivity contribution in [3.8, 4) is 5.75 Å². The van der Waals surface area contributed by atoms with Crippen LogP contribution in [0.2, 0.25) is 0 Å². The summed E-state index contributed by atoms with van der Waals surface area (Å²) in [4.78, 5) is 15.4. The fraction of sp³-hybridized carbons (Fsp3) is 0.458. The van der Waals surface area contributed by atoms with Crippen molar-refractivity contribution in [1.29, 1.82) is 0 Å². The summed E-state index contributed by atoms with van der Waals surface area (Å²) >= 11 is 0. The summed E-state index contributed by atoms with van der Waals surface area (Å²) in [5.41, 5.74) is 2.76. The third kappa shape index (κ3) is 5.07. The number of carbonyl (C=O) groups excluding carboxylic acids is 1. The van der Waals surface area contributed by atoms with E-state index in [1.54, 1.807) is 31.2 Å². The van der Waals surface area contributed by atoms with Crippen molar-refractivity contribution < 1.29 is 17.9 Å². The number of anilines is 1. The Bertz CT molecular complexity index is 1050. The van der Waals surface area contributed by atoms with Crippen molar-refractivity contribution in [2.24, 2.45) is 0 Å². The molecule has 172 valence electrons. The van der Waals surface area contributed by atoms with Crippen molar-refractivity contribution >= 4 is 21.6 Å². The number of fused-ring (bicyclic) bond motifs is 1. The molecule has 0 radical (unpaired) electrons. The number of carbonyl (C=O) groups is 1. The molecule has 32 heavy (non-hydrogen) atoms. The summed E-state index contributed by atoms with van der Waals surface area (Å²) < 4.78 is 32.4. The van der Waals surface area contributed by atoms with Gasteiger partial charge < -0.3 is 10.1 Å². The van der Waals surface area contributed by atoms with E-state index >= 15 is 0 Å². The Labute approximate surface area is 190 Å². The molecule has 2 aliphatic rings. The van der Waals surface area contributed by atoms with Gasteiger partial charge in [0.05, 0.1) is 18.0 Å². The molecule has 0 saturated carbocycles. The first-order chi connectivity index (χ1) is 15.5. The maximum absolute atomic E-state index is 13.0. The minimum absolute atomic E-state index is 0.0333. The van der Waals surface area contributed by atoms with E-state index in [1.807, 2.05) is 18.2 Å². The summed E-state index contributed by atoms with van der Waals surface area (Å²) in [6.45, 7) is 5.04.